The van der Waals surface area contributed by atoms with Gasteiger partial charge in [0.05, 0.1) is 18.2 Å². The molecule has 6 N–H and O–H groups in total. The summed E-state index contributed by atoms with van der Waals surface area (Å²) in [7, 11) is 0. The van der Waals surface area contributed by atoms with Crippen LogP contribution in [0.15, 0.2) is 38.2 Å². The van der Waals surface area contributed by atoms with Crippen LogP contribution in [-0.4, -0.2) is 77.9 Å². The topological polar surface area (TPSA) is 259 Å². The summed E-state index contributed by atoms with van der Waals surface area (Å²) in [4.78, 5) is 69.8. The number of thiazole rings is 1. The number of hydrogen-bond acceptors (Lipinski definition) is 15. The Bertz CT molecular complexity index is 1620. The number of aromatic nitrogens is 3. The smallest absolute Gasteiger partial charge is 0.377 e. The number of aliphatic carboxylic acids is 1. The second kappa shape index (κ2) is 11.1. The zero-order valence-electron chi connectivity index (χ0n) is 21.3. The molecule has 4 heterocycles. The number of amides is 1. The van der Waals surface area contributed by atoms with Crippen LogP contribution >= 0.6 is 11.3 Å². The molecule has 0 spiro atoms. The molecule has 1 saturated heterocycles. The zero-order valence-corrected chi connectivity index (χ0v) is 22.1. The summed E-state index contributed by atoms with van der Waals surface area (Å²) in [6.07, 6.45) is 0.340. The average Bonchev–Trinajstić information content (AvgIpc) is 3.56. The largest absolute Gasteiger partial charge is 0.503 e. The van der Waals surface area contributed by atoms with Crippen molar-refractivity contribution in [3.8, 4) is 17.1 Å². The third-order valence-electron chi connectivity index (χ3n) is 5.84. The van der Waals surface area contributed by atoms with Gasteiger partial charge in [0.2, 0.25) is 22.7 Å². The highest BCUT2D eigenvalue weighted by molar-refractivity contribution is 7.13. The first-order chi connectivity index (χ1) is 19.3. The summed E-state index contributed by atoms with van der Waals surface area (Å²) in [5.74, 6) is -5.57. The standard InChI is InChI=1S/C23H22N6O11S/c1-23(2,21(35)36)40-28-18(12-8-41-22(24)26-12)15(31)3-9-11(25-19(9)33)7-38-20(34)17-4-10(27-39-17)13-5-14(30)16(32)6-29(13)37/h4-6,8-9,11,32,37H,3,7H2,1-2H3,(H2,24,26)(H,25,33)(H,35,36)/b28-18-/t9-,11+/m0/s1. The number of esters is 1. The lowest BCUT2D eigenvalue weighted by molar-refractivity contribution is -0.161. The minimum atomic E-state index is -1.77. The molecule has 1 aliphatic heterocycles. The molecule has 0 aromatic carbocycles. The van der Waals surface area contributed by atoms with Gasteiger partial charge >= 0.3 is 11.9 Å². The Kier molecular flexibility index (Phi) is 7.77. The Morgan fingerprint density at radius 1 is 1.29 bits per heavy atom. The molecule has 3 aromatic heterocycles. The number of nitrogen functional groups attached to an aromatic ring is 1. The number of ketones is 1. The van der Waals surface area contributed by atoms with Gasteiger partial charge in [0.1, 0.15) is 23.7 Å². The molecule has 2 atom stereocenters. The highest BCUT2D eigenvalue weighted by Crippen LogP contribution is 2.24. The summed E-state index contributed by atoms with van der Waals surface area (Å²) in [5.41, 5.74) is 2.48. The fourth-order valence-electron chi connectivity index (χ4n) is 3.44. The number of nitrogens with one attached hydrogen (secondary N) is 1. The number of hydrogen-bond donors (Lipinski definition) is 5. The van der Waals surface area contributed by atoms with E-state index in [1.165, 1.54) is 19.2 Å². The van der Waals surface area contributed by atoms with Gasteiger partial charge in [-0.2, -0.15) is 4.73 Å². The number of nitrogens with zero attached hydrogens (tertiary/aromatic N) is 4. The average molecular weight is 591 g/mol. The van der Waals surface area contributed by atoms with Crippen molar-refractivity contribution in [3.05, 3.63) is 45.4 Å². The van der Waals surface area contributed by atoms with Gasteiger partial charge in [0, 0.05) is 23.9 Å². The molecule has 0 unspecified atom stereocenters. The van der Waals surface area contributed by atoms with Crippen molar-refractivity contribution in [1.29, 1.82) is 0 Å². The van der Waals surface area contributed by atoms with E-state index in [9.17, 15) is 39.4 Å². The second-order valence-corrected chi connectivity index (χ2v) is 10.1. The van der Waals surface area contributed by atoms with Crippen molar-refractivity contribution in [2.75, 3.05) is 12.3 Å². The van der Waals surface area contributed by atoms with E-state index in [2.05, 4.69) is 20.6 Å². The first kappa shape index (κ1) is 28.7. The summed E-state index contributed by atoms with van der Waals surface area (Å²) >= 11 is 1.01. The number of nitrogens with two attached hydrogens (primary N) is 1. The number of oxime groups is 1. The Hall–Kier alpha value is -5.26. The molecule has 1 fully saturated rings. The molecule has 0 saturated carbocycles. The van der Waals surface area contributed by atoms with Crippen molar-refractivity contribution in [2.45, 2.75) is 31.9 Å². The molecule has 0 aliphatic carbocycles. The molecule has 41 heavy (non-hydrogen) atoms. The van der Waals surface area contributed by atoms with Crippen molar-refractivity contribution < 1.29 is 48.7 Å². The van der Waals surface area contributed by atoms with E-state index in [-0.39, 0.29) is 34.5 Å². The number of pyridine rings is 1. The number of ether oxygens (including phenoxy) is 1. The molecular weight excluding hydrogens is 568 g/mol. The maximum Gasteiger partial charge on any atom is 0.377 e. The van der Waals surface area contributed by atoms with Gasteiger partial charge in [-0.15, -0.1) is 11.3 Å². The summed E-state index contributed by atoms with van der Waals surface area (Å²) in [5, 5.41) is 39.9. The molecule has 3 aromatic rings. The number of carboxylic acid groups (broad SMARTS) is 1. The lowest BCUT2D eigenvalue weighted by Crippen LogP contribution is -2.61. The molecule has 17 nitrogen and oxygen atoms in total. The Morgan fingerprint density at radius 3 is 2.66 bits per heavy atom. The van der Waals surface area contributed by atoms with Crippen molar-refractivity contribution in [2.24, 2.45) is 11.1 Å². The molecule has 216 valence electrons. The number of rotatable bonds is 11. The van der Waals surface area contributed by atoms with Gasteiger partial charge in [-0.3, -0.25) is 14.4 Å². The van der Waals surface area contributed by atoms with E-state index in [4.69, 9.17) is 19.8 Å². The number of Topliss-reactive ketones (excluding diaryl/α,β-unsaturated/α-hetero) is 1. The lowest BCUT2D eigenvalue weighted by Gasteiger charge is -2.35. The summed E-state index contributed by atoms with van der Waals surface area (Å²) in [6, 6.07) is 1.19. The van der Waals surface area contributed by atoms with Crippen LogP contribution in [0.4, 0.5) is 5.13 Å². The second-order valence-electron chi connectivity index (χ2n) is 9.19. The van der Waals surface area contributed by atoms with Crippen molar-refractivity contribution >= 4 is 45.8 Å². The van der Waals surface area contributed by atoms with Crippen LogP contribution in [0.5, 0.6) is 5.75 Å². The minimum absolute atomic E-state index is 0.0319. The number of β-lactam (4-membered cyclic amide) rings is 1. The number of carbonyl (C=O) groups is 4. The third kappa shape index (κ3) is 6.16. The zero-order chi connectivity index (χ0) is 30.1. The number of carboxylic acids is 1. The van der Waals surface area contributed by atoms with Gasteiger partial charge in [-0.1, -0.05) is 10.3 Å². The van der Waals surface area contributed by atoms with Gasteiger partial charge in [0.25, 0.3) is 0 Å². The van der Waals surface area contributed by atoms with Crippen molar-refractivity contribution in [3.63, 3.8) is 0 Å². The van der Waals surface area contributed by atoms with Gasteiger partial charge < -0.3 is 40.6 Å². The predicted octanol–water partition coefficient (Wildman–Crippen LogP) is -0.000400. The Balaban J connectivity index is 1.41. The van der Waals surface area contributed by atoms with E-state index in [0.717, 1.165) is 29.7 Å². The van der Waals surface area contributed by atoms with Gasteiger partial charge in [-0.25, -0.2) is 14.6 Å². The fourth-order valence-corrected chi connectivity index (χ4v) is 3.98. The highest BCUT2D eigenvalue weighted by Gasteiger charge is 2.42. The molecular formula is C23H22N6O11S. The Labute approximate surface area is 232 Å². The maximum atomic E-state index is 13.1. The highest BCUT2D eigenvalue weighted by atomic mass is 32.1. The SMILES string of the molecule is CC(C)(O/N=C(\C(=O)C[C@@H]1C(=O)N[C@@H]1COC(=O)c1cc(-c2cc(=O)c(O)cn2O)no1)c1csc(N)n1)C(=O)O. The van der Waals surface area contributed by atoms with E-state index >= 15 is 0 Å². The summed E-state index contributed by atoms with van der Waals surface area (Å²) in [6.45, 7) is 2.09. The quantitative estimate of drug-likeness (QED) is 0.0647. The van der Waals surface area contributed by atoms with Gasteiger partial charge in [-0.05, 0) is 13.8 Å². The van der Waals surface area contributed by atoms with Crippen LogP contribution < -0.4 is 16.5 Å². The molecule has 4 rings (SSSR count). The molecule has 1 amide bonds. The minimum Gasteiger partial charge on any atom is -0.503 e. The van der Waals surface area contributed by atoms with Crippen LogP contribution in [0.2, 0.25) is 0 Å². The molecule has 0 radical (unpaired) electrons. The summed E-state index contributed by atoms with van der Waals surface area (Å²) < 4.78 is 10.5. The van der Waals surface area contributed by atoms with Crippen LogP contribution in [0.1, 0.15) is 36.5 Å². The fraction of sp³-hybridized carbons (Fsp3) is 0.304. The maximum absolute atomic E-state index is 13.1. The van der Waals surface area contributed by atoms with Crippen molar-refractivity contribution in [1.82, 2.24) is 20.2 Å². The molecule has 1 aliphatic rings. The molecule has 18 heteroatoms. The van der Waals surface area contributed by atoms with Gasteiger partial charge in [0.15, 0.2) is 22.4 Å². The number of aromatic hydroxyl groups is 1. The van der Waals surface area contributed by atoms with Crippen LogP contribution in [0, 0.1) is 5.92 Å². The molecule has 0 bridgehead atoms. The van der Waals surface area contributed by atoms with E-state index in [0.29, 0.717) is 4.73 Å². The number of anilines is 1. The normalized spacial score (nSPS) is 16.9. The van der Waals surface area contributed by atoms with E-state index in [1.807, 2.05) is 0 Å². The first-order valence-corrected chi connectivity index (χ1v) is 12.5. The van der Waals surface area contributed by atoms with E-state index < -0.39 is 64.5 Å². The van der Waals surface area contributed by atoms with E-state index in [1.54, 1.807) is 0 Å². The van der Waals surface area contributed by atoms with Crippen LogP contribution in [0.3, 0.4) is 0 Å². The predicted molar refractivity (Wildman–Crippen MR) is 136 cm³/mol. The third-order valence-corrected chi connectivity index (χ3v) is 6.52. The lowest BCUT2D eigenvalue weighted by atomic mass is 9.85. The number of carbonyl (C=O) groups excluding carboxylic acids is 3. The van der Waals surface area contributed by atoms with Crippen LogP contribution in [-0.2, 0) is 24.0 Å². The first-order valence-electron chi connectivity index (χ1n) is 11.6. The van der Waals surface area contributed by atoms with Crippen LogP contribution in [0.25, 0.3) is 11.4 Å². The monoisotopic (exact) mass is 590 g/mol. The Morgan fingerprint density at radius 2 is 2.02 bits per heavy atom.